The lowest BCUT2D eigenvalue weighted by atomic mass is 9.99. The van der Waals surface area contributed by atoms with E-state index in [1.165, 1.54) is 0 Å². The van der Waals surface area contributed by atoms with Crippen LogP contribution in [0.1, 0.15) is 49.7 Å². The molecule has 1 N–H and O–H groups in total. The first-order chi connectivity index (χ1) is 13.4. The summed E-state index contributed by atoms with van der Waals surface area (Å²) in [5.41, 5.74) is 2.22. The monoisotopic (exact) mass is 383 g/mol. The summed E-state index contributed by atoms with van der Waals surface area (Å²) in [7, 11) is 0. The van der Waals surface area contributed by atoms with E-state index in [0.717, 1.165) is 16.6 Å². The van der Waals surface area contributed by atoms with Gasteiger partial charge in [-0.2, -0.15) is 0 Å². The van der Waals surface area contributed by atoms with Gasteiger partial charge in [-0.25, -0.2) is 0 Å². The minimum Gasteiger partial charge on any atom is -0.378 e. The van der Waals surface area contributed by atoms with Gasteiger partial charge in [0.15, 0.2) is 0 Å². The highest BCUT2D eigenvalue weighted by Crippen LogP contribution is 2.23. The lowest BCUT2D eigenvalue weighted by Gasteiger charge is -2.32. The summed E-state index contributed by atoms with van der Waals surface area (Å²) in [5.74, 6) is -0.0982. The van der Waals surface area contributed by atoms with Crippen LogP contribution in [0.2, 0.25) is 0 Å². The van der Waals surface area contributed by atoms with E-state index in [4.69, 9.17) is 4.74 Å². The summed E-state index contributed by atoms with van der Waals surface area (Å²) in [6, 6.07) is 8.90. The van der Waals surface area contributed by atoms with E-state index < -0.39 is 6.04 Å². The molecule has 3 rings (SSSR count). The topological polar surface area (TPSA) is 71.5 Å². The standard InChI is InChI=1S/C22H29N3O3/c1-14(2)19-13-17(16-7-5-6-8-18(16)23-19)21(26)24-20(15(3)4)22(27)25-9-11-28-12-10-25/h5-8,13-15,20H,9-12H2,1-4H3,(H,24,26). The quantitative estimate of drug-likeness (QED) is 0.862. The van der Waals surface area contributed by atoms with Gasteiger partial charge in [0.2, 0.25) is 5.91 Å². The summed E-state index contributed by atoms with van der Waals surface area (Å²) < 4.78 is 5.34. The van der Waals surface area contributed by atoms with E-state index in [0.29, 0.717) is 31.9 Å². The molecule has 1 aromatic carbocycles. The van der Waals surface area contributed by atoms with Crippen molar-refractivity contribution in [3.63, 3.8) is 0 Å². The first-order valence-electron chi connectivity index (χ1n) is 9.95. The van der Waals surface area contributed by atoms with Crippen molar-refractivity contribution < 1.29 is 14.3 Å². The van der Waals surface area contributed by atoms with E-state index in [2.05, 4.69) is 24.1 Å². The maximum absolute atomic E-state index is 13.2. The van der Waals surface area contributed by atoms with Crippen LogP contribution in [-0.2, 0) is 9.53 Å². The Bertz CT molecular complexity index is 857. The fourth-order valence-corrected chi connectivity index (χ4v) is 3.39. The van der Waals surface area contributed by atoms with Crippen molar-refractivity contribution in [1.82, 2.24) is 15.2 Å². The van der Waals surface area contributed by atoms with Gasteiger partial charge in [0.25, 0.3) is 5.91 Å². The number of morpholine rings is 1. The number of amides is 2. The van der Waals surface area contributed by atoms with E-state index in [-0.39, 0.29) is 23.7 Å². The molecule has 0 aliphatic carbocycles. The molecule has 2 aromatic rings. The molecule has 1 unspecified atom stereocenters. The van der Waals surface area contributed by atoms with Gasteiger partial charge in [-0.3, -0.25) is 14.6 Å². The number of para-hydroxylation sites is 1. The second-order valence-corrected chi connectivity index (χ2v) is 7.90. The van der Waals surface area contributed by atoms with Gasteiger partial charge in [0.05, 0.1) is 24.3 Å². The molecule has 0 radical (unpaired) electrons. The molecule has 0 bridgehead atoms. The van der Waals surface area contributed by atoms with E-state index in [9.17, 15) is 9.59 Å². The van der Waals surface area contributed by atoms with E-state index in [1.807, 2.05) is 44.2 Å². The van der Waals surface area contributed by atoms with Crippen molar-refractivity contribution in [3.8, 4) is 0 Å². The van der Waals surface area contributed by atoms with Crippen LogP contribution in [0.3, 0.4) is 0 Å². The molecule has 1 fully saturated rings. The zero-order valence-electron chi connectivity index (χ0n) is 17.1. The number of hydrogen-bond acceptors (Lipinski definition) is 4. The summed E-state index contributed by atoms with van der Waals surface area (Å²) in [5, 5.41) is 3.79. The number of carbonyl (C=O) groups excluding carboxylic acids is 2. The smallest absolute Gasteiger partial charge is 0.252 e. The Kier molecular flexibility index (Phi) is 6.29. The summed E-state index contributed by atoms with van der Waals surface area (Å²) in [6.07, 6.45) is 0. The van der Waals surface area contributed by atoms with Gasteiger partial charge in [-0.05, 0) is 24.0 Å². The normalized spacial score (nSPS) is 15.9. The maximum atomic E-state index is 13.2. The van der Waals surface area contributed by atoms with Crippen LogP contribution in [-0.4, -0.2) is 54.0 Å². The van der Waals surface area contributed by atoms with Crippen molar-refractivity contribution in [2.75, 3.05) is 26.3 Å². The molecule has 2 amide bonds. The molecule has 150 valence electrons. The van der Waals surface area contributed by atoms with Crippen molar-refractivity contribution in [2.45, 2.75) is 39.7 Å². The van der Waals surface area contributed by atoms with Crippen molar-refractivity contribution in [3.05, 3.63) is 41.6 Å². The Balaban J connectivity index is 1.90. The number of hydrogen-bond donors (Lipinski definition) is 1. The minimum atomic E-state index is -0.569. The highest BCUT2D eigenvalue weighted by molar-refractivity contribution is 6.07. The fraction of sp³-hybridized carbons (Fsp3) is 0.500. The van der Waals surface area contributed by atoms with Gasteiger partial charge in [-0.1, -0.05) is 45.9 Å². The molecule has 6 heteroatoms. The summed E-state index contributed by atoms with van der Waals surface area (Å²) >= 11 is 0. The van der Waals surface area contributed by atoms with Crippen LogP contribution in [0.25, 0.3) is 10.9 Å². The Morgan fingerprint density at radius 3 is 2.43 bits per heavy atom. The predicted molar refractivity (Wildman–Crippen MR) is 109 cm³/mol. The number of carbonyl (C=O) groups is 2. The fourth-order valence-electron chi connectivity index (χ4n) is 3.39. The number of nitrogens with one attached hydrogen (secondary N) is 1. The van der Waals surface area contributed by atoms with Crippen molar-refractivity contribution >= 4 is 22.7 Å². The maximum Gasteiger partial charge on any atom is 0.252 e. The molecular formula is C22H29N3O3. The zero-order chi connectivity index (χ0) is 20.3. The molecule has 2 heterocycles. The second kappa shape index (κ2) is 8.69. The van der Waals surface area contributed by atoms with Crippen LogP contribution in [0.4, 0.5) is 0 Å². The molecule has 1 aliphatic rings. The lowest BCUT2D eigenvalue weighted by molar-refractivity contribution is -0.138. The average Bonchev–Trinajstić information content (AvgIpc) is 2.70. The zero-order valence-corrected chi connectivity index (χ0v) is 17.1. The first kappa shape index (κ1) is 20.3. The van der Waals surface area contributed by atoms with Crippen LogP contribution >= 0.6 is 0 Å². The van der Waals surface area contributed by atoms with Crippen LogP contribution < -0.4 is 5.32 Å². The highest BCUT2D eigenvalue weighted by atomic mass is 16.5. The second-order valence-electron chi connectivity index (χ2n) is 7.90. The molecule has 28 heavy (non-hydrogen) atoms. The number of pyridine rings is 1. The Morgan fingerprint density at radius 1 is 1.11 bits per heavy atom. The first-order valence-corrected chi connectivity index (χ1v) is 9.95. The summed E-state index contributed by atoms with van der Waals surface area (Å²) in [6.45, 7) is 10.2. The Hall–Kier alpha value is -2.47. The number of fused-ring (bicyclic) bond motifs is 1. The number of nitrogens with zero attached hydrogens (tertiary/aromatic N) is 2. The molecule has 1 saturated heterocycles. The van der Waals surface area contributed by atoms with E-state index in [1.54, 1.807) is 4.90 Å². The summed E-state index contributed by atoms with van der Waals surface area (Å²) in [4.78, 5) is 32.6. The van der Waals surface area contributed by atoms with Gasteiger partial charge in [-0.15, -0.1) is 0 Å². The van der Waals surface area contributed by atoms with Crippen LogP contribution in [0, 0.1) is 5.92 Å². The van der Waals surface area contributed by atoms with Crippen LogP contribution in [0.15, 0.2) is 30.3 Å². The largest absolute Gasteiger partial charge is 0.378 e. The number of aromatic nitrogens is 1. The number of rotatable bonds is 5. The Morgan fingerprint density at radius 2 is 1.79 bits per heavy atom. The third-order valence-corrected chi connectivity index (χ3v) is 5.11. The van der Waals surface area contributed by atoms with Gasteiger partial charge < -0.3 is 15.0 Å². The molecule has 1 aromatic heterocycles. The lowest BCUT2D eigenvalue weighted by Crippen LogP contribution is -2.53. The molecule has 1 atom stereocenters. The third kappa shape index (κ3) is 4.33. The Labute approximate surface area is 166 Å². The number of ether oxygens (including phenoxy) is 1. The SMILES string of the molecule is CC(C)c1cc(C(=O)NC(C(=O)N2CCOCC2)C(C)C)c2ccccc2n1. The highest BCUT2D eigenvalue weighted by Gasteiger charge is 2.30. The van der Waals surface area contributed by atoms with Gasteiger partial charge >= 0.3 is 0 Å². The molecule has 1 aliphatic heterocycles. The molecule has 6 nitrogen and oxygen atoms in total. The van der Waals surface area contributed by atoms with Crippen molar-refractivity contribution in [1.29, 1.82) is 0 Å². The van der Waals surface area contributed by atoms with Gasteiger partial charge in [0, 0.05) is 24.2 Å². The average molecular weight is 383 g/mol. The number of benzene rings is 1. The van der Waals surface area contributed by atoms with Crippen LogP contribution in [0.5, 0.6) is 0 Å². The molecular weight excluding hydrogens is 354 g/mol. The molecule has 0 spiro atoms. The third-order valence-electron chi connectivity index (χ3n) is 5.11. The predicted octanol–water partition coefficient (Wildman–Crippen LogP) is 2.97. The van der Waals surface area contributed by atoms with E-state index >= 15 is 0 Å². The van der Waals surface area contributed by atoms with Gasteiger partial charge in [0.1, 0.15) is 6.04 Å². The molecule has 0 saturated carbocycles. The van der Waals surface area contributed by atoms with Crippen molar-refractivity contribution in [2.24, 2.45) is 5.92 Å². The minimum absolute atomic E-state index is 0.0167.